The molecule has 0 aliphatic rings. The molecule has 0 radical (unpaired) electrons. The molecule has 0 saturated carbocycles. The molecule has 0 aromatic carbocycles. The minimum Gasteiger partial charge on any atom is -0.394 e. The first-order chi connectivity index (χ1) is 4.00. The van der Waals surface area contributed by atoms with Gasteiger partial charge in [-0.25, -0.2) is 0 Å². The number of aliphatic hydroxyl groups is 2. The van der Waals surface area contributed by atoms with E-state index in [0.29, 0.717) is 0 Å². The average molecular weight is 161 g/mol. The molecule has 0 saturated heterocycles. The second-order valence-electron chi connectivity index (χ2n) is 1.26. The molecule has 1 atom stereocenters. The van der Waals surface area contributed by atoms with Gasteiger partial charge in [0, 0.05) is 0 Å². The van der Waals surface area contributed by atoms with E-state index in [2.05, 4.69) is 0 Å². The molecule has 0 fully saturated rings. The van der Waals surface area contributed by atoms with Crippen LogP contribution in [0.2, 0.25) is 0 Å². The Morgan fingerprint density at radius 2 is 1.70 bits per heavy atom. The Balaban J connectivity index is -0.0000000910. The normalized spacial score (nSPS) is 9.90. The van der Waals surface area contributed by atoms with Crippen molar-refractivity contribution < 1.29 is 44.9 Å². The van der Waals surface area contributed by atoms with Gasteiger partial charge in [-0.15, -0.1) is 0 Å². The molecular weight excluding hydrogens is 153 g/mol. The van der Waals surface area contributed by atoms with Gasteiger partial charge < -0.3 is 25.5 Å². The summed E-state index contributed by atoms with van der Waals surface area (Å²) < 4.78 is 0. The topological polar surface area (TPSA) is 107 Å². The Bertz CT molecular complexity index is 73.3. The van der Waals surface area contributed by atoms with E-state index in [9.17, 15) is 0 Å². The first kappa shape index (κ1) is 16.6. The van der Waals surface area contributed by atoms with E-state index >= 15 is 0 Å². The van der Waals surface area contributed by atoms with Gasteiger partial charge in [-0.05, 0) is 6.92 Å². The van der Waals surface area contributed by atoms with E-state index in [0.717, 1.165) is 0 Å². The van der Waals surface area contributed by atoms with Crippen LogP contribution in [-0.2, 0) is 0 Å². The van der Waals surface area contributed by atoms with E-state index in [1.807, 2.05) is 0 Å². The summed E-state index contributed by atoms with van der Waals surface area (Å²) in [4.78, 5) is 8.25. The third kappa shape index (κ3) is 91.6. The Hall–Kier alpha value is 0.120. The van der Waals surface area contributed by atoms with Gasteiger partial charge in [-0.2, -0.15) is 0 Å². The largest absolute Gasteiger partial charge is 1.00 e. The van der Waals surface area contributed by atoms with Gasteiger partial charge in [0.15, 0.2) is 0 Å². The molecule has 0 aliphatic heterocycles. The van der Waals surface area contributed by atoms with Crippen LogP contribution < -0.4 is 29.6 Å². The van der Waals surface area contributed by atoms with Crippen molar-refractivity contribution in [3.05, 3.63) is 15.3 Å². The summed E-state index contributed by atoms with van der Waals surface area (Å²) in [6.45, 7) is 1.39. The van der Waals surface area contributed by atoms with Crippen LogP contribution in [0.5, 0.6) is 0 Å². The van der Waals surface area contributed by atoms with Crippen LogP contribution in [0.25, 0.3) is 0 Å². The zero-order chi connectivity index (χ0) is 7.86. The Morgan fingerprint density at radius 3 is 1.70 bits per heavy atom. The number of rotatable bonds is 1. The van der Waals surface area contributed by atoms with E-state index in [1.165, 1.54) is 6.92 Å². The number of nitrogens with zero attached hydrogens (tertiary/aromatic N) is 1. The van der Waals surface area contributed by atoms with Crippen molar-refractivity contribution in [3.8, 4) is 0 Å². The van der Waals surface area contributed by atoms with Crippen molar-refractivity contribution in [2.45, 2.75) is 13.0 Å². The first-order valence-corrected chi connectivity index (χ1v) is 2.11. The summed E-state index contributed by atoms with van der Waals surface area (Å²) in [6, 6.07) is 0. The fourth-order valence-corrected chi connectivity index (χ4v) is 0. The molecule has 56 valence electrons. The van der Waals surface area contributed by atoms with Gasteiger partial charge in [0.05, 0.1) is 17.8 Å². The molecule has 0 bridgehead atoms. The second kappa shape index (κ2) is 11.9. The molecule has 6 nitrogen and oxygen atoms in total. The molecular formula is C3H8NNaO5. The summed E-state index contributed by atoms with van der Waals surface area (Å²) in [6.07, 6.45) is -0.560. The molecule has 0 aromatic heterocycles. The van der Waals surface area contributed by atoms with Gasteiger partial charge >= 0.3 is 29.6 Å². The van der Waals surface area contributed by atoms with E-state index in [4.69, 9.17) is 25.5 Å². The molecule has 0 rings (SSSR count). The third-order valence-electron chi connectivity index (χ3n) is 0.264. The van der Waals surface area contributed by atoms with Crippen LogP contribution in [0.15, 0.2) is 0 Å². The fourth-order valence-electron chi connectivity index (χ4n) is 0. The average Bonchev–Trinajstić information content (AvgIpc) is 1.65. The third-order valence-corrected chi connectivity index (χ3v) is 0.264. The second-order valence-corrected chi connectivity index (χ2v) is 1.26. The fraction of sp³-hybridized carbons (Fsp3) is 1.00. The minimum absolute atomic E-state index is 0. The van der Waals surface area contributed by atoms with Crippen molar-refractivity contribution in [2.75, 3.05) is 6.61 Å². The zero-order valence-corrected chi connectivity index (χ0v) is 7.85. The van der Waals surface area contributed by atoms with Gasteiger partial charge in [-0.1, -0.05) is 0 Å². The molecule has 0 spiro atoms. The van der Waals surface area contributed by atoms with Crippen LogP contribution >= 0.6 is 0 Å². The molecule has 0 heterocycles. The number of hydrogen-bond acceptors (Lipinski definition) is 5. The van der Waals surface area contributed by atoms with Gasteiger partial charge in [0.1, 0.15) is 0 Å². The molecule has 2 N–H and O–H groups in total. The summed E-state index contributed by atoms with van der Waals surface area (Å²) in [7, 11) is 0. The van der Waals surface area contributed by atoms with Crippen LogP contribution in [0.1, 0.15) is 6.92 Å². The van der Waals surface area contributed by atoms with Crippen molar-refractivity contribution in [1.29, 1.82) is 0 Å². The van der Waals surface area contributed by atoms with Crippen LogP contribution in [0.4, 0.5) is 0 Å². The van der Waals surface area contributed by atoms with Crippen LogP contribution in [0, 0.1) is 15.3 Å². The van der Waals surface area contributed by atoms with Crippen molar-refractivity contribution in [1.82, 2.24) is 0 Å². The SMILES string of the molecule is CC(O)CO.O=[N+]([O-])[O-].[Na+]. The number of hydrogen-bond donors (Lipinski definition) is 2. The Kier molecular flexibility index (Phi) is 19.7. The summed E-state index contributed by atoms with van der Waals surface area (Å²) in [5.74, 6) is 0. The smallest absolute Gasteiger partial charge is 0.394 e. The van der Waals surface area contributed by atoms with Crippen molar-refractivity contribution in [3.63, 3.8) is 0 Å². The number of aliphatic hydroxyl groups excluding tert-OH is 2. The Morgan fingerprint density at radius 1 is 1.60 bits per heavy atom. The predicted octanol–water partition coefficient (Wildman–Crippen LogP) is -3.88. The maximum absolute atomic E-state index is 8.25. The predicted molar refractivity (Wildman–Crippen MR) is 29.1 cm³/mol. The molecule has 0 aromatic rings. The van der Waals surface area contributed by atoms with Gasteiger partial charge in [0.2, 0.25) is 0 Å². The van der Waals surface area contributed by atoms with E-state index in [-0.39, 0.29) is 36.2 Å². The monoisotopic (exact) mass is 161 g/mol. The first-order valence-electron chi connectivity index (χ1n) is 2.11. The van der Waals surface area contributed by atoms with Gasteiger partial charge in [-0.3, -0.25) is 0 Å². The minimum atomic E-state index is -1.75. The quantitative estimate of drug-likeness (QED) is 0.232. The summed E-state index contributed by atoms with van der Waals surface area (Å²) >= 11 is 0. The van der Waals surface area contributed by atoms with E-state index < -0.39 is 11.2 Å². The van der Waals surface area contributed by atoms with E-state index in [1.54, 1.807) is 0 Å². The Labute approximate surface area is 79.9 Å². The standard InChI is InChI=1S/C3H8O2.NO3.Na/c1-3(5)2-4;2-1(3)4;/h3-5H,2H2,1H3;;/q;-1;+1. The maximum Gasteiger partial charge on any atom is 1.00 e. The summed E-state index contributed by atoms with van der Waals surface area (Å²) in [5.41, 5.74) is 0. The van der Waals surface area contributed by atoms with Crippen LogP contribution in [0.3, 0.4) is 0 Å². The molecule has 1 unspecified atom stereocenters. The van der Waals surface area contributed by atoms with Gasteiger partial charge in [0.25, 0.3) is 0 Å². The van der Waals surface area contributed by atoms with Crippen LogP contribution in [-0.4, -0.2) is 28.0 Å². The maximum atomic E-state index is 8.25. The molecule has 7 heteroatoms. The summed E-state index contributed by atoms with van der Waals surface area (Å²) in [5, 5.41) is 30.8. The van der Waals surface area contributed by atoms with Crippen molar-refractivity contribution >= 4 is 0 Å². The molecule has 0 amide bonds. The molecule has 0 aliphatic carbocycles. The van der Waals surface area contributed by atoms with Crippen molar-refractivity contribution in [2.24, 2.45) is 0 Å². The molecule has 10 heavy (non-hydrogen) atoms. The zero-order valence-electron chi connectivity index (χ0n) is 5.85.